The predicted molar refractivity (Wildman–Crippen MR) is 128 cm³/mol. The number of aromatic nitrogens is 4. The standard InChI is InChI=1S/C26H29N5O3/c1-19(2)31(26(32)21-14-12-20(13-15-21)23-10-7-17-34-23)18-22-8-3-4-9-24(22)33-16-6-5-11-25-27-29-30-28-25/h3-4,7-10,12-15,17,19H,5-6,11,16,18H2,1-2H3,(H,27,28,29,30). The Labute approximate surface area is 198 Å². The summed E-state index contributed by atoms with van der Waals surface area (Å²) in [5.41, 5.74) is 2.56. The summed E-state index contributed by atoms with van der Waals surface area (Å²) >= 11 is 0. The number of carbonyl (C=O) groups excluding carboxylic acids is 1. The van der Waals surface area contributed by atoms with Crippen LogP contribution in [0.4, 0.5) is 0 Å². The third kappa shape index (κ3) is 5.89. The maximum atomic E-state index is 13.4. The molecule has 0 aliphatic rings. The normalized spacial score (nSPS) is 11.0. The maximum Gasteiger partial charge on any atom is 0.254 e. The van der Waals surface area contributed by atoms with Crippen molar-refractivity contribution in [2.75, 3.05) is 6.61 Å². The number of hydrogen-bond acceptors (Lipinski definition) is 6. The summed E-state index contributed by atoms with van der Waals surface area (Å²) in [6.07, 6.45) is 4.18. The number of aromatic amines is 1. The van der Waals surface area contributed by atoms with Crippen molar-refractivity contribution in [3.63, 3.8) is 0 Å². The maximum absolute atomic E-state index is 13.4. The molecule has 8 heteroatoms. The molecule has 0 radical (unpaired) electrons. The van der Waals surface area contributed by atoms with E-state index in [2.05, 4.69) is 20.6 Å². The number of furan rings is 1. The van der Waals surface area contributed by atoms with Gasteiger partial charge in [0.1, 0.15) is 11.5 Å². The van der Waals surface area contributed by atoms with E-state index < -0.39 is 0 Å². The van der Waals surface area contributed by atoms with Crippen LogP contribution in [0, 0.1) is 0 Å². The first kappa shape index (κ1) is 23.2. The number of nitrogens with one attached hydrogen (secondary N) is 1. The predicted octanol–water partition coefficient (Wildman–Crippen LogP) is 4.91. The fourth-order valence-corrected chi connectivity index (χ4v) is 3.69. The Hall–Kier alpha value is -3.94. The zero-order valence-electron chi connectivity index (χ0n) is 19.5. The van der Waals surface area contributed by atoms with Gasteiger partial charge in [0.25, 0.3) is 5.91 Å². The van der Waals surface area contributed by atoms with Crippen LogP contribution in [0.1, 0.15) is 48.4 Å². The van der Waals surface area contributed by atoms with E-state index in [1.54, 1.807) is 6.26 Å². The number of amides is 1. The molecule has 4 rings (SSSR count). The summed E-state index contributed by atoms with van der Waals surface area (Å²) < 4.78 is 11.5. The second-order valence-corrected chi connectivity index (χ2v) is 8.32. The molecule has 0 aliphatic heterocycles. The average Bonchev–Trinajstić information content (AvgIpc) is 3.57. The van der Waals surface area contributed by atoms with Gasteiger partial charge in [0.15, 0.2) is 5.82 Å². The van der Waals surface area contributed by atoms with E-state index in [9.17, 15) is 4.79 Å². The molecular weight excluding hydrogens is 430 g/mol. The molecule has 0 saturated carbocycles. The molecule has 34 heavy (non-hydrogen) atoms. The number of unbranched alkanes of at least 4 members (excludes halogenated alkanes) is 1. The van der Waals surface area contributed by atoms with Crippen molar-refractivity contribution in [3.05, 3.63) is 83.9 Å². The Bertz CT molecular complexity index is 1160. The minimum Gasteiger partial charge on any atom is -0.493 e. The molecular formula is C26H29N5O3. The quantitative estimate of drug-likeness (QED) is 0.320. The number of carbonyl (C=O) groups is 1. The van der Waals surface area contributed by atoms with Crippen LogP contribution in [0.25, 0.3) is 11.3 Å². The Morgan fingerprint density at radius 3 is 2.59 bits per heavy atom. The number of tetrazole rings is 1. The van der Waals surface area contributed by atoms with E-state index in [1.165, 1.54) is 0 Å². The zero-order valence-corrected chi connectivity index (χ0v) is 19.5. The summed E-state index contributed by atoms with van der Waals surface area (Å²) in [6.45, 7) is 5.10. The molecule has 2 heterocycles. The van der Waals surface area contributed by atoms with Crippen molar-refractivity contribution in [1.82, 2.24) is 25.5 Å². The van der Waals surface area contributed by atoms with Gasteiger partial charge in [-0.3, -0.25) is 4.79 Å². The molecule has 2 aromatic carbocycles. The largest absolute Gasteiger partial charge is 0.493 e. The lowest BCUT2D eigenvalue weighted by Crippen LogP contribution is -2.36. The SMILES string of the molecule is CC(C)N(Cc1ccccc1OCCCCc1nn[nH]n1)C(=O)c1ccc(-c2ccco2)cc1. The number of ether oxygens (including phenoxy) is 1. The van der Waals surface area contributed by atoms with Gasteiger partial charge in [-0.05, 0) is 57.0 Å². The minimum atomic E-state index is -0.0177. The summed E-state index contributed by atoms with van der Waals surface area (Å²) in [4.78, 5) is 15.2. The summed E-state index contributed by atoms with van der Waals surface area (Å²) in [5.74, 6) is 2.27. The fraction of sp³-hybridized carbons (Fsp3) is 0.308. The number of hydrogen-bond donors (Lipinski definition) is 1. The van der Waals surface area contributed by atoms with E-state index in [1.807, 2.05) is 79.4 Å². The molecule has 4 aromatic rings. The van der Waals surface area contributed by atoms with Crippen LogP contribution in [0.2, 0.25) is 0 Å². The van der Waals surface area contributed by atoms with Crippen LogP contribution in [0.5, 0.6) is 5.75 Å². The molecule has 0 unspecified atom stereocenters. The summed E-state index contributed by atoms with van der Waals surface area (Å²) in [7, 11) is 0. The van der Waals surface area contributed by atoms with Crippen molar-refractivity contribution >= 4 is 5.91 Å². The average molecular weight is 460 g/mol. The van der Waals surface area contributed by atoms with Crippen LogP contribution < -0.4 is 4.74 Å². The molecule has 1 amide bonds. The molecule has 8 nitrogen and oxygen atoms in total. The summed E-state index contributed by atoms with van der Waals surface area (Å²) in [5, 5.41) is 14.0. The Morgan fingerprint density at radius 2 is 1.88 bits per heavy atom. The van der Waals surface area contributed by atoms with Gasteiger partial charge in [0.05, 0.1) is 12.9 Å². The van der Waals surface area contributed by atoms with E-state index in [0.717, 1.165) is 41.9 Å². The van der Waals surface area contributed by atoms with Gasteiger partial charge < -0.3 is 14.1 Å². The molecule has 176 valence electrons. The van der Waals surface area contributed by atoms with Gasteiger partial charge >= 0.3 is 0 Å². The molecule has 0 fully saturated rings. The van der Waals surface area contributed by atoms with Crippen molar-refractivity contribution < 1.29 is 13.9 Å². The molecule has 2 aromatic heterocycles. The first-order chi connectivity index (χ1) is 16.6. The molecule has 1 N–H and O–H groups in total. The number of para-hydroxylation sites is 1. The van der Waals surface area contributed by atoms with Gasteiger partial charge in [-0.15, -0.1) is 10.2 Å². The van der Waals surface area contributed by atoms with Crippen LogP contribution in [0.3, 0.4) is 0 Å². The highest BCUT2D eigenvalue weighted by atomic mass is 16.5. The Balaban J connectivity index is 1.38. The van der Waals surface area contributed by atoms with Crippen LogP contribution in [-0.2, 0) is 13.0 Å². The van der Waals surface area contributed by atoms with Crippen molar-refractivity contribution in [3.8, 4) is 17.1 Å². The van der Waals surface area contributed by atoms with Crippen LogP contribution >= 0.6 is 0 Å². The van der Waals surface area contributed by atoms with Crippen molar-refractivity contribution in [1.29, 1.82) is 0 Å². The molecule has 0 atom stereocenters. The van der Waals surface area contributed by atoms with Gasteiger partial charge in [-0.1, -0.05) is 35.5 Å². The molecule has 0 aliphatic carbocycles. The second kappa shape index (κ2) is 11.3. The lowest BCUT2D eigenvalue weighted by Gasteiger charge is -2.28. The monoisotopic (exact) mass is 459 g/mol. The van der Waals surface area contributed by atoms with E-state index >= 15 is 0 Å². The Morgan fingerprint density at radius 1 is 1.06 bits per heavy atom. The molecule has 0 saturated heterocycles. The highest BCUT2D eigenvalue weighted by Crippen LogP contribution is 2.24. The number of H-pyrrole nitrogens is 1. The van der Waals surface area contributed by atoms with E-state index in [-0.39, 0.29) is 11.9 Å². The highest BCUT2D eigenvalue weighted by Gasteiger charge is 2.21. The number of rotatable bonds is 11. The first-order valence-corrected chi connectivity index (χ1v) is 11.5. The molecule has 0 spiro atoms. The van der Waals surface area contributed by atoms with E-state index in [0.29, 0.717) is 24.5 Å². The van der Waals surface area contributed by atoms with Crippen molar-refractivity contribution in [2.45, 2.75) is 45.7 Å². The second-order valence-electron chi connectivity index (χ2n) is 8.32. The zero-order chi connectivity index (χ0) is 23.8. The third-order valence-corrected chi connectivity index (χ3v) is 5.58. The Kier molecular flexibility index (Phi) is 7.70. The number of nitrogens with zero attached hydrogens (tertiary/aromatic N) is 4. The highest BCUT2D eigenvalue weighted by molar-refractivity contribution is 5.94. The smallest absolute Gasteiger partial charge is 0.254 e. The third-order valence-electron chi connectivity index (χ3n) is 5.58. The lowest BCUT2D eigenvalue weighted by atomic mass is 10.1. The number of benzene rings is 2. The van der Waals surface area contributed by atoms with Gasteiger partial charge in [0.2, 0.25) is 0 Å². The van der Waals surface area contributed by atoms with Gasteiger partial charge in [-0.2, -0.15) is 5.21 Å². The van der Waals surface area contributed by atoms with Crippen LogP contribution in [0.15, 0.2) is 71.3 Å². The molecule has 0 bridgehead atoms. The first-order valence-electron chi connectivity index (χ1n) is 11.5. The topological polar surface area (TPSA) is 97.1 Å². The van der Waals surface area contributed by atoms with Crippen molar-refractivity contribution in [2.24, 2.45) is 0 Å². The van der Waals surface area contributed by atoms with Crippen LogP contribution in [-0.4, -0.2) is 44.1 Å². The van der Waals surface area contributed by atoms with Gasteiger partial charge in [0, 0.05) is 35.7 Å². The summed E-state index contributed by atoms with van der Waals surface area (Å²) in [6, 6.07) is 19.2. The fourth-order valence-electron chi connectivity index (χ4n) is 3.69. The van der Waals surface area contributed by atoms with E-state index in [4.69, 9.17) is 9.15 Å². The lowest BCUT2D eigenvalue weighted by molar-refractivity contribution is 0.0688. The minimum absolute atomic E-state index is 0.0177. The number of aryl methyl sites for hydroxylation is 1. The van der Waals surface area contributed by atoms with Gasteiger partial charge in [-0.25, -0.2) is 0 Å².